The molecule has 0 saturated heterocycles. The zero-order valence-electron chi connectivity index (χ0n) is 12.3. The smallest absolute Gasteiger partial charge is 0.254 e. The van der Waals surface area contributed by atoms with Crippen LogP contribution in [0.15, 0.2) is 40.9 Å². The van der Waals surface area contributed by atoms with Crippen molar-refractivity contribution in [1.29, 1.82) is 0 Å². The van der Waals surface area contributed by atoms with Crippen molar-refractivity contribution >= 4 is 44.2 Å². The minimum Gasteiger partial charge on any atom is -0.336 e. The van der Waals surface area contributed by atoms with Gasteiger partial charge in [0.15, 0.2) is 0 Å². The zero-order valence-corrected chi connectivity index (χ0v) is 14.6. The lowest BCUT2D eigenvalue weighted by atomic mass is 10.1. The van der Waals surface area contributed by atoms with Crippen LogP contribution in [0.3, 0.4) is 0 Å². The predicted octanol–water partition coefficient (Wildman–Crippen LogP) is 5.08. The van der Waals surface area contributed by atoms with Gasteiger partial charge in [-0.15, -0.1) is 11.6 Å². The van der Waals surface area contributed by atoms with Crippen molar-refractivity contribution in [3.8, 4) is 0 Å². The van der Waals surface area contributed by atoms with Crippen LogP contribution in [0, 0.1) is 0 Å². The van der Waals surface area contributed by atoms with Crippen LogP contribution in [0.1, 0.15) is 30.6 Å². The molecule has 0 bridgehead atoms. The molecule has 2 rings (SSSR count). The van der Waals surface area contributed by atoms with Gasteiger partial charge in [-0.3, -0.25) is 4.79 Å². The molecule has 0 atom stereocenters. The van der Waals surface area contributed by atoms with E-state index in [1.54, 1.807) is 0 Å². The number of nitrogens with zero attached hydrogens (tertiary/aromatic N) is 1. The van der Waals surface area contributed by atoms with Gasteiger partial charge in [-0.05, 0) is 55.3 Å². The van der Waals surface area contributed by atoms with Crippen molar-refractivity contribution < 1.29 is 4.79 Å². The molecule has 0 N–H and O–H groups in total. The summed E-state index contributed by atoms with van der Waals surface area (Å²) in [6.07, 6.45) is 0.812. The van der Waals surface area contributed by atoms with Gasteiger partial charge in [0.1, 0.15) is 0 Å². The van der Waals surface area contributed by atoms with E-state index in [1.807, 2.05) is 49.1 Å². The first-order chi connectivity index (χ1) is 10.0. The summed E-state index contributed by atoms with van der Waals surface area (Å²) in [6.45, 7) is 4.76. The molecule has 0 heterocycles. The number of rotatable bonds is 5. The third kappa shape index (κ3) is 3.98. The summed E-state index contributed by atoms with van der Waals surface area (Å²) < 4.78 is 1.04. The van der Waals surface area contributed by atoms with Crippen LogP contribution in [0.4, 0.5) is 0 Å². The molecule has 2 aromatic rings. The largest absolute Gasteiger partial charge is 0.336 e. The first kappa shape index (κ1) is 16.3. The lowest BCUT2D eigenvalue weighted by Crippen LogP contribution is -2.37. The maximum absolute atomic E-state index is 12.7. The second kappa shape index (κ2) is 7.28. The van der Waals surface area contributed by atoms with Gasteiger partial charge in [0.05, 0.1) is 0 Å². The van der Waals surface area contributed by atoms with Crippen molar-refractivity contribution in [2.24, 2.45) is 0 Å². The molecule has 0 unspecified atom stereocenters. The molecule has 0 aliphatic rings. The maximum Gasteiger partial charge on any atom is 0.254 e. The SMILES string of the molecule is CC(C)N(CCCCl)C(=O)c1ccc2cc(Br)ccc2c1. The second-order valence-electron chi connectivity index (χ2n) is 5.34. The first-order valence-electron chi connectivity index (χ1n) is 7.09. The van der Waals surface area contributed by atoms with E-state index >= 15 is 0 Å². The van der Waals surface area contributed by atoms with Crippen LogP contribution in [-0.4, -0.2) is 29.3 Å². The van der Waals surface area contributed by atoms with E-state index in [-0.39, 0.29) is 11.9 Å². The van der Waals surface area contributed by atoms with E-state index in [1.165, 1.54) is 0 Å². The Bertz CT molecular complexity index is 642. The highest BCUT2D eigenvalue weighted by molar-refractivity contribution is 9.10. The van der Waals surface area contributed by atoms with Crippen LogP contribution >= 0.6 is 27.5 Å². The van der Waals surface area contributed by atoms with E-state index in [9.17, 15) is 4.79 Å². The van der Waals surface area contributed by atoms with Crippen LogP contribution in [-0.2, 0) is 0 Å². The Morgan fingerprint density at radius 1 is 1.19 bits per heavy atom. The zero-order chi connectivity index (χ0) is 15.4. The molecule has 1 amide bonds. The average Bonchev–Trinajstić information content (AvgIpc) is 2.46. The van der Waals surface area contributed by atoms with Crippen LogP contribution < -0.4 is 0 Å². The third-order valence-electron chi connectivity index (χ3n) is 3.47. The monoisotopic (exact) mass is 367 g/mol. The molecule has 0 aliphatic carbocycles. The van der Waals surface area contributed by atoms with Crippen LogP contribution in [0.5, 0.6) is 0 Å². The van der Waals surface area contributed by atoms with E-state index in [0.29, 0.717) is 12.4 Å². The summed E-state index contributed by atoms with van der Waals surface area (Å²) in [5.74, 6) is 0.641. The second-order valence-corrected chi connectivity index (χ2v) is 6.63. The number of hydrogen-bond donors (Lipinski definition) is 0. The summed E-state index contributed by atoms with van der Waals surface area (Å²) in [7, 11) is 0. The van der Waals surface area contributed by atoms with Crippen molar-refractivity contribution in [2.45, 2.75) is 26.3 Å². The highest BCUT2D eigenvalue weighted by atomic mass is 79.9. The molecule has 2 nitrogen and oxygen atoms in total. The van der Waals surface area contributed by atoms with Crippen molar-refractivity contribution in [1.82, 2.24) is 4.90 Å². The average molecular weight is 369 g/mol. The molecule has 112 valence electrons. The first-order valence-corrected chi connectivity index (χ1v) is 8.42. The molecule has 0 aliphatic heterocycles. The number of carbonyl (C=O) groups is 1. The van der Waals surface area contributed by atoms with Gasteiger partial charge in [0.25, 0.3) is 5.91 Å². The number of benzene rings is 2. The van der Waals surface area contributed by atoms with Crippen LogP contribution in [0.2, 0.25) is 0 Å². The van der Waals surface area contributed by atoms with Crippen molar-refractivity contribution in [3.05, 3.63) is 46.4 Å². The Kier molecular flexibility index (Phi) is 5.65. The van der Waals surface area contributed by atoms with E-state index in [4.69, 9.17) is 11.6 Å². The number of carbonyl (C=O) groups excluding carboxylic acids is 1. The summed E-state index contributed by atoms with van der Waals surface area (Å²) in [5, 5.41) is 2.20. The van der Waals surface area contributed by atoms with Gasteiger partial charge in [0, 0.05) is 28.5 Å². The molecule has 0 spiro atoms. The fraction of sp³-hybridized carbons (Fsp3) is 0.353. The quantitative estimate of drug-likeness (QED) is 0.674. The fourth-order valence-corrected chi connectivity index (χ4v) is 2.84. The van der Waals surface area contributed by atoms with E-state index in [0.717, 1.165) is 27.2 Å². The third-order valence-corrected chi connectivity index (χ3v) is 4.23. The Labute approximate surface area is 139 Å². The molecule has 0 fully saturated rings. The van der Waals surface area contributed by atoms with Gasteiger partial charge in [-0.25, -0.2) is 0 Å². The normalized spacial score (nSPS) is 11.1. The lowest BCUT2D eigenvalue weighted by Gasteiger charge is -2.26. The fourth-order valence-electron chi connectivity index (χ4n) is 2.34. The van der Waals surface area contributed by atoms with Gasteiger partial charge >= 0.3 is 0 Å². The highest BCUT2D eigenvalue weighted by Gasteiger charge is 2.18. The number of hydrogen-bond acceptors (Lipinski definition) is 1. The number of alkyl halides is 1. The van der Waals surface area contributed by atoms with Gasteiger partial charge in [-0.1, -0.05) is 28.1 Å². The maximum atomic E-state index is 12.7. The summed E-state index contributed by atoms with van der Waals surface area (Å²) >= 11 is 9.21. The molecule has 21 heavy (non-hydrogen) atoms. The van der Waals surface area contributed by atoms with Gasteiger partial charge in [-0.2, -0.15) is 0 Å². The molecule has 2 aromatic carbocycles. The number of halogens is 2. The Balaban J connectivity index is 2.31. The molecule has 0 aromatic heterocycles. The number of fused-ring (bicyclic) bond motifs is 1. The molecule has 0 radical (unpaired) electrons. The van der Waals surface area contributed by atoms with Gasteiger partial charge < -0.3 is 4.90 Å². The Hall–Kier alpha value is -1.06. The standard InChI is InChI=1S/C17H19BrClNO/c1-12(2)20(9-3-8-19)17(21)15-5-4-14-11-16(18)7-6-13(14)10-15/h4-7,10-12H,3,8-9H2,1-2H3. The summed E-state index contributed by atoms with van der Waals surface area (Å²) in [6, 6.07) is 12.1. The van der Waals surface area contributed by atoms with Crippen LogP contribution in [0.25, 0.3) is 10.8 Å². The van der Waals surface area contributed by atoms with E-state index < -0.39 is 0 Å². The Morgan fingerprint density at radius 2 is 1.86 bits per heavy atom. The molecular weight excluding hydrogens is 350 g/mol. The lowest BCUT2D eigenvalue weighted by molar-refractivity contribution is 0.0706. The molecular formula is C17H19BrClNO. The molecule has 0 saturated carbocycles. The molecule has 4 heteroatoms. The van der Waals surface area contributed by atoms with Crippen molar-refractivity contribution in [2.75, 3.05) is 12.4 Å². The van der Waals surface area contributed by atoms with Crippen molar-refractivity contribution in [3.63, 3.8) is 0 Å². The van der Waals surface area contributed by atoms with Gasteiger partial charge in [0.2, 0.25) is 0 Å². The Morgan fingerprint density at radius 3 is 2.52 bits per heavy atom. The van der Waals surface area contributed by atoms with E-state index in [2.05, 4.69) is 22.0 Å². The highest BCUT2D eigenvalue weighted by Crippen LogP contribution is 2.22. The minimum absolute atomic E-state index is 0.0694. The summed E-state index contributed by atoms with van der Waals surface area (Å²) in [5.41, 5.74) is 0.730. The topological polar surface area (TPSA) is 20.3 Å². The number of amides is 1. The minimum atomic E-state index is 0.0694. The summed E-state index contributed by atoms with van der Waals surface area (Å²) in [4.78, 5) is 14.6. The predicted molar refractivity (Wildman–Crippen MR) is 93.2 cm³/mol.